The van der Waals surface area contributed by atoms with Crippen molar-refractivity contribution in [1.29, 1.82) is 0 Å². The maximum atomic E-state index is 14.2. The van der Waals surface area contributed by atoms with Crippen LogP contribution in [0.2, 0.25) is 0 Å². The summed E-state index contributed by atoms with van der Waals surface area (Å²) in [6.07, 6.45) is 9.05. The molecule has 1 aromatic rings. The van der Waals surface area contributed by atoms with Crippen LogP contribution < -0.4 is 5.32 Å². The summed E-state index contributed by atoms with van der Waals surface area (Å²) in [4.78, 5) is 26.5. The van der Waals surface area contributed by atoms with Gasteiger partial charge in [0.2, 0.25) is 5.91 Å². The largest absolute Gasteiger partial charge is 0.457 e. The molecule has 0 unspecified atom stereocenters. The quantitative estimate of drug-likeness (QED) is 0.432. The SMILES string of the molecule is CC(=O)O[C@@H]1/C=C/[C@](C)(O)C[C@@H](C)C/C=C/[C@H]2C=C(C)[C@@H](C)[C@H]3[C@H]([C@@H](O)c4ccccc4)NC(=O)[C@]321. The highest BCUT2D eigenvalue weighted by Gasteiger charge is 2.67. The standard InChI is InChI=1S/C30H39NO5/c1-18-10-9-13-23-16-19(2)20(3)25-26(27(33)22-11-7-6-8-12-22)31-28(34)30(23,25)24(36-21(4)32)14-15-29(5,35)17-18/h6-9,11-16,18,20,23-27,33,35H,10,17H2,1-5H3,(H,31,34)/b13-9+,15-14+/t18-,20+,23-,24+,25-,26+,27-,29-,30+/m0/s1. The molecule has 1 spiro atoms. The summed E-state index contributed by atoms with van der Waals surface area (Å²) < 4.78 is 5.90. The van der Waals surface area contributed by atoms with Gasteiger partial charge in [0.1, 0.15) is 11.5 Å². The zero-order valence-electron chi connectivity index (χ0n) is 21.8. The highest BCUT2D eigenvalue weighted by Crippen LogP contribution is 2.58. The van der Waals surface area contributed by atoms with E-state index in [1.807, 2.05) is 30.3 Å². The molecule has 36 heavy (non-hydrogen) atoms. The van der Waals surface area contributed by atoms with E-state index in [1.54, 1.807) is 19.1 Å². The lowest BCUT2D eigenvalue weighted by molar-refractivity contribution is -0.159. The Balaban J connectivity index is 1.93. The van der Waals surface area contributed by atoms with E-state index in [9.17, 15) is 19.8 Å². The van der Waals surface area contributed by atoms with Gasteiger partial charge in [-0.3, -0.25) is 9.59 Å². The number of allylic oxidation sites excluding steroid dienone is 4. The van der Waals surface area contributed by atoms with Gasteiger partial charge in [-0.05, 0) is 50.2 Å². The molecule has 6 nitrogen and oxygen atoms in total. The fourth-order valence-corrected chi connectivity index (χ4v) is 6.71. The normalized spacial score (nSPS) is 41.0. The molecule has 194 valence electrons. The molecular weight excluding hydrogens is 454 g/mol. The number of rotatable bonds is 3. The van der Waals surface area contributed by atoms with Gasteiger partial charge in [0.25, 0.3) is 0 Å². The van der Waals surface area contributed by atoms with E-state index >= 15 is 0 Å². The lowest BCUT2D eigenvalue weighted by atomic mass is 9.54. The van der Waals surface area contributed by atoms with Crippen molar-refractivity contribution in [2.75, 3.05) is 0 Å². The van der Waals surface area contributed by atoms with E-state index in [0.717, 1.165) is 17.6 Å². The van der Waals surface area contributed by atoms with Gasteiger partial charge in [-0.25, -0.2) is 0 Å². The van der Waals surface area contributed by atoms with Crippen molar-refractivity contribution < 1.29 is 24.5 Å². The first-order valence-electron chi connectivity index (χ1n) is 12.9. The molecule has 1 saturated heterocycles. The smallest absolute Gasteiger partial charge is 0.303 e. The fraction of sp³-hybridized carbons (Fsp3) is 0.533. The predicted octanol–water partition coefficient (Wildman–Crippen LogP) is 4.26. The van der Waals surface area contributed by atoms with Crippen LogP contribution in [0, 0.1) is 29.1 Å². The van der Waals surface area contributed by atoms with Crippen LogP contribution in [0.15, 0.2) is 66.3 Å². The van der Waals surface area contributed by atoms with Gasteiger partial charge in [0, 0.05) is 18.8 Å². The average Bonchev–Trinajstić information content (AvgIpc) is 3.12. The van der Waals surface area contributed by atoms with Gasteiger partial charge in [0.05, 0.1) is 17.7 Å². The summed E-state index contributed by atoms with van der Waals surface area (Å²) in [5, 5.41) is 25.7. The first-order chi connectivity index (χ1) is 17.0. The number of carbonyl (C=O) groups is 2. The highest BCUT2D eigenvalue weighted by atomic mass is 16.5. The van der Waals surface area contributed by atoms with Gasteiger partial charge in [-0.15, -0.1) is 0 Å². The number of esters is 1. The summed E-state index contributed by atoms with van der Waals surface area (Å²) in [5.41, 5.74) is -0.449. The number of hydrogen-bond donors (Lipinski definition) is 3. The summed E-state index contributed by atoms with van der Waals surface area (Å²) in [7, 11) is 0. The second kappa shape index (κ2) is 9.98. The van der Waals surface area contributed by atoms with Gasteiger partial charge < -0.3 is 20.3 Å². The zero-order valence-corrected chi connectivity index (χ0v) is 21.8. The number of aliphatic hydroxyl groups excluding tert-OH is 1. The molecule has 3 N–H and O–H groups in total. The predicted molar refractivity (Wildman–Crippen MR) is 139 cm³/mol. The van der Waals surface area contributed by atoms with Crippen molar-refractivity contribution in [3.8, 4) is 0 Å². The van der Waals surface area contributed by atoms with E-state index in [2.05, 4.69) is 44.3 Å². The van der Waals surface area contributed by atoms with Crippen LogP contribution in [-0.2, 0) is 14.3 Å². The van der Waals surface area contributed by atoms with Crippen LogP contribution in [0.25, 0.3) is 0 Å². The monoisotopic (exact) mass is 493 g/mol. The van der Waals surface area contributed by atoms with Crippen molar-refractivity contribution in [3.05, 3.63) is 71.8 Å². The molecule has 2 aliphatic carbocycles. The summed E-state index contributed by atoms with van der Waals surface area (Å²) >= 11 is 0. The molecule has 1 heterocycles. The number of amides is 1. The molecular formula is C30H39NO5. The second-order valence-electron chi connectivity index (χ2n) is 11.3. The molecule has 1 fully saturated rings. The number of ether oxygens (including phenoxy) is 1. The summed E-state index contributed by atoms with van der Waals surface area (Å²) in [5.74, 6) is -1.31. The molecule has 9 atom stereocenters. The first-order valence-corrected chi connectivity index (χ1v) is 12.9. The Bertz CT molecular complexity index is 1070. The third-order valence-electron chi connectivity index (χ3n) is 8.40. The van der Waals surface area contributed by atoms with Crippen molar-refractivity contribution in [3.63, 3.8) is 0 Å². The number of nitrogens with one attached hydrogen (secondary N) is 1. The van der Waals surface area contributed by atoms with E-state index in [0.29, 0.717) is 6.42 Å². The Kier molecular flexibility index (Phi) is 7.31. The molecule has 0 radical (unpaired) electrons. The number of carbonyl (C=O) groups excluding carboxylic acids is 2. The van der Waals surface area contributed by atoms with Crippen LogP contribution in [0.5, 0.6) is 0 Å². The third kappa shape index (κ3) is 4.69. The maximum absolute atomic E-state index is 14.2. The Morgan fingerprint density at radius 1 is 1.19 bits per heavy atom. The molecule has 0 aromatic heterocycles. The first kappa shape index (κ1) is 26.4. The topological polar surface area (TPSA) is 95.9 Å². The van der Waals surface area contributed by atoms with E-state index in [-0.39, 0.29) is 29.6 Å². The van der Waals surface area contributed by atoms with Gasteiger partial charge in [-0.2, -0.15) is 0 Å². The summed E-state index contributed by atoms with van der Waals surface area (Å²) in [6, 6.07) is 8.76. The fourth-order valence-electron chi connectivity index (χ4n) is 6.71. The van der Waals surface area contributed by atoms with Crippen LogP contribution in [0.4, 0.5) is 0 Å². The van der Waals surface area contributed by atoms with Crippen molar-refractivity contribution >= 4 is 11.9 Å². The molecule has 0 saturated carbocycles. The Hall–Kier alpha value is -2.70. The molecule has 1 aliphatic heterocycles. The van der Waals surface area contributed by atoms with Gasteiger partial charge >= 0.3 is 5.97 Å². The van der Waals surface area contributed by atoms with Gasteiger partial charge in [0.15, 0.2) is 0 Å². The Labute approximate surface area is 214 Å². The molecule has 1 aromatic carbocycles. The highest BCUT2D eigenvalue weighted by molar-refractivity contribution is 5.89. The molecule has 3 aliphatic rings. The van der Waals surface area contributed by atoms with Crippen LogP contribution in [0.3, 0.4) is 0 Å². The molecule has 1 amide bonds. The molecule has 6 heteroatoms. The Morgan fingerprint density at radius 3 is 2.56 bits per heavy atom. The molecule has 4 rings (SSSR count). The lowest BCUT2D eigenvalue weighted by Crippen LogP contribution is -2.55. The van der Waals surface area contributed by atoms with E-state index in [4.69, 9.17) is 4.74 Å². The minimum absolute atomic E-state index is 0.0621. The third-order valence-corrected chi connectivity index (χ3v) is 8.40. The van der Waals surface area contributed by atoms with Crippen LogP contribution in [-0.4, -0.2) is 39.8 Å². The van der Waals surface area contributed by atoms with Gasteiger partial charge in [-0.1, -0.05) is 74.1 Å². The van der Waals surface area contributed by atoms with Crippen molar-refractivity contribution in [1.82, 2.24) is 5.32 Å². The lowest BCUT2D eigenvalue weighted by Gasteiger charge is -2.48. The minimum Gasteiger partial charge on any atom is -0.457 e. The maximum Gasteiger partial charge on any atom is 0.303 e. The number of benzene rings is 1. The zero-order chi connectivity index (χ0) is 26.3. The second-order valence-corrected chi connectivity index (χ2v) is 11.3. The number of aliphatic hydroxyl groups is 2. The van der Waals surface area contributed by atoms with Crippen molar-refractivity contribution in [2.24, 2.45) is 29.1 Å². The van der Waals surface area contributed by atoms with E-state index in [1.165, 1.54) is 6.92 Å². The van der Waals surface area contributed by atoms with E-state index < -0.39 is 35.2 Å². The number of hydrogen-bond acceptors (Lipinski definition) is 5. The average molecular weight is 494 g/mol. The molecule has 0 bridgehead atoms. The minimum atomic E-state index is -1.18. The van der Waals surface area contributed by atoms with Crippen LogP contribution >= 0.6 is 0 Å². The van der Waals surface area contributed by atoms with Crippen LogP contribution in [0.1, 0.15) is 59.1 Å². The van der Waals surface area contributed by atoms with Crippen molar-refractivity contribution in [2.45, 2.75) is 71.3 Å². The summed E-state index contributed by atoms with van der Waals surface area (Å²) in [6.45, 7) is 9.30. The Morgan fingerprint density at radius 2 is 1.89 bits per heavy atom.